The van der Waals surface area contributed by atoms with Crippen LogP contribution in [-0.4, -0.2) is 40.0 Å². The van der Waals surface area contributed by atoms with Crippen molar-refractivity contribution < 1.29 is 14.7 Å². The summed E-state index contributed by atoms with van der Waals surface area (Å²) >= 11 is 0. The van der Waals surface area contributed by atoms with Crippen molar-refractivity contribution in [3.05, 3.63) is 29.6 Å². The Kier molecular flexibility index (Phi) is 5.92. The first-order valence-corrected chi connectivity index (χ1v) is 8.11. The van der Waals surface area contributed by atoms with Gasteiger partial charge in [-0.25, -0.2) is 9.78 Å². The first kappa shape index (κ1) is 16.5. The number of nitrogens with zero attached hydrogens (tertiary/aromatic N) is 2. The van der Waals surface area contributed by atoms with E-state index in [2.05, 4.69) is 4.98 Å². The van der Waals surface area contributed by atoms with E-state index in [0.29, 0.717) is 12.5 Å². The number of hydrogen-bond acceptors (Lipinski definition) is 3. The average Bonchev–Trinajstić information content (AvgIpc) is 2.55. The summed E-state index contributed by atoms with van der Waals surface area (Å²) in [5.41, 5.74) is 0.143. The Bertz CT molecular complexity index is 524. The van der Waals surface area contributed by atoms with E-state index in [9.17, 15) is 9.59 Å². The zero-order chi connectivity index (χ0) is 15.9. The molecule has 1 fully saturated rings. The predicted molar refractivity (Wildman–Crippen MR) is 84.0 cm³/mol. The molecule has 120 valence electrons. The first-order chi connectivity index (χ1) is 10.6. The maximum atomic E-state index is 12.7. The average molecular weight is 304 g/mol. The minimum absolute atomic E-state index is 0.0834. The van der Waals surface area contributed by atoms with Gasteiger partial charge in [0, 0.05) is 13.1 Å². The third-order valence-corrected chi connectivity index (χ3v) is 4.17. The van der Waals surface area contributed by atoms with Gasteiger partial charge in [-0.3, -0.25) is 4.79 Å². The molecule has 0 spiro atoms. The Hall–Kier alpha value is -1.91. The molecule has 22 heavy (non-hydrogen) atoms. The number of carbonyl (C=O) groups excluding carboxylic acids is 1. The van der Waals surface area contributed by atoms with Gasteiger partial charge in [-0.2, -0.15) is 0 Å². The predicted octanol–water partition coefficient (Wildman–Crippen LogP) is 3.21. The van der Waals surface area contributed by atoms with Crippen LogP contribution < -0.4 is 0 Å². The maximum Gasteiger partial charge on any atom is 0.354 e. The fourth-order valence-electron chi connectivity index (χ4n) is 3.06. The van der Waals surface area contributed by atoms with Gasteiger partial charge in [0.15, 0.2) is 0 Å². The zero-order valence-corrected chi connectivity index (χ0v) is 13.1. The summed E-state index contributed by atoms with van der Waals surface area (Å²) in [7, 11) is 0. The number of aromatic carboxylic acids is 1. The summed E-state index contributed by atoms with van der Waals surface area (Å²) in [6, 6.07) is 4.58. The van der Waals surface area contributed by atoms with E-state index in [-0.39, 0.29) is 17.3 Å². The van der Waals surface area contributed by atoms with Gasteiger partial charge in [-0.05, 0) is 37.3 Å². The van der Waals surface area contributed by atoms with Crippen LogP contribution in [-0.2, 0) is 0 Å². The summed E-state index contributed by atoms with van der Waals surface area (Å²) in [4.78, 5) is 29.5. The highest BCUT2D eigenvalue weighted by Gasteiger charge is 2.22. The van der Waals surface area contributed by atoms with Crippen molar-refractivity contribution in [3.63, 3.8) is 0 Å². The molecule has 1 aromatic heterocycles. The first-order valence-electron chi connectivity index (χ1n) is 8.11. The lowest BCUT2D eigenvalue weighted by molar-refractivity contribution is 0.0688. The van der Waals surface area contributed by atoms with Crippen molar-refractivity contribution in [2.75, 3.05) is 13.1 Å². The van der Waals surface area contributed by atoms with Crippen molar-refractivity contribution in [2.24, 2.45) is 5.92 Å². The van der Waals surface area contributed by atoms with Crippen LogP contribution in [0.5, 0.6) is 0 Å². The second kappa shape index (κ2) is 7.92. The molecule has 5 nitrogen and oxygen atoms in total. The van der Waals surface area contributed by atoms with Gasteiger partial charge in [-0.15, -0.1) is 0 Å². The Morgan fingerprint density at radius 2 is 1.91 bits per heavy atom. The highest BCUT2D eigenvalue weighted by atomic mass is 16.4. The molecule has 0 aromatic carbocycles. The molecule has 0 saturated heterocycles. The minimum Gasteiger partial charge on any atom is -0.477 e. The van der Waals surface area contributed by atoms with E-state index in [4.69, 9.17) is 5.11 Å². The molecule has 0 bridgehead atoms. The summed E-state index contributed by atoms with van der Waals surface area (Å²) in [6.07, 6.45) is 7.01. The van der Waals surface area contributed by atoms with Crippen LogP contribution in [0.4, 0.5) is 0 Å². The molecule has 0 atom stereocenters. The highest BCUT2D eigenvalue weighted by molar-refractivity contribution is 5.94. The van der Waals surface area contributed by atoms with Crippen LogP contribution in [0.1, 0.15) is 66.4 Å². The minimum atomic E-state index is -1.11. The maximum absolute atomic E-state index is 12.7. The molecule has 0 unspecified atom stereocenters. The summed E-state index contributed by atoms with van der Waals surface area (Å²) in [5, 5.41) is 9.01. The number of aromatic nitrogens is 1. The zero-order valence-electron chi connectivity index (χ0n) is 13.1. The number of rotatable bonds is 6. The fraction of sp³-hybridized carbons (Fsp3) is 0.588. The quantitative estimate of drug-likeness (QED) is 0.876. The van der Waals surface area contributed by atoms with E-state index in [1.807, 2.05) is 11.8 Å². The van der Waals surface area contributed by atoms with E-state index >= 15 is 0 Å². The number of hydrogen-bond donors (Lipinski definition) is 1. The van der Waals surface area contributed by atoms with Crippen LogP contribution in [0, 0.1) is 5.92 Å². The van der Waals surface area contributed by atoms with Gasteiger partial charge < -0.3 is 10.0 Å². The molecule has 1 aliphatic carbocycles. The molecule has 0 aliphatic heterocycles. The molecule has 1 N–H and O–H groups in total. The molecule has 0 radical (unpaired) electrons. The van der Waals surface area contributed by atoms with E-state index in [1.54, 1.807) is 12.1 Å². The van der Waals surface area contributed by atoms with Gasteiger partial charge in [-0.1, -0.05) is 32.3 Å². The number of amides is 1. The van der Waals surface area contributed by atoms with E-state index in [0.717, 1.165) is 13.0 Å². The second-order valence-corrected chi connectivity index (χ2v) is 5.97. The molecular weight excluding hydrogens is 280 g/mol. The summed E-state index contributed by atoms with van der Waals surface area (Å²) in [6.45, 7) is 3.49. The number of carbonyl (C=O) groups is 2. The molecule has 1 aromatic rings. The number of pyridine rings is 1. The van der Waals surface area contributed by atoms with Gasteiger partial charge in [0.25, 0.3) is 5.91 Å². The molecule has 1 amide bonds. The van der Waals surface area contributed by atoms with E-state index in [1.165, 1.54) is 38.2 Å². The molecule has 1 heterocycles. The Morgan fingerprint density at radius 1 is 1.23 bits per heavy atom. The van der Waals surface area contributed by atoms with Gasteiger partial charge >= 0.3 is 5.97 Å². The topological polar surface area (TPSA) is 70.5 Å². The van der Waals surface area contributed by atoms with Crippen molar-refractivity contribution in [2.45, 2.75) is 45.4 Å². The van der Waals surface area contributed by atoms with Crippen LogP contribution in [0.25, 0.3) is 0 Å². The molecule has 1 aliphatic rings. The Labute approximate surface area is 131 Å². The highest BCUT2D eigenvalue weighted by Crippen LogP contribution is 2.25. The third-order valence-electron chi connectivity index (χ3n) is 4.17. The standard InChI is InChI=1S/C17H24N2O3/c1-2-11-19(12-13-7-4-3-5-8-13)16(20)14-9-6-10-15(18-14)17(21)22/h6,9-10,13H,2-5,7-8,11-12H2,1H3,(H,21,22). The lowest BCUT2D eigenvalue weighted by Crippen LogP contribution is -2.37. The third kappa shape index (κ3) is 4.29. The van der Waals surface area contributed by atoms with Crippen molar-refractivity contribution in [1.29, 1.82) is 0 Å². The van der Waals surface area contributed by atoms with Crippen LogP contribution >= 0.6 is 0 Å². The Morgan fingerprint density at radius 3 is 2.55 bits per heavy atom. The second-order valence-electron chi connectivity index (χ2n) is 5.97. The normalized spacial score (nSPS) is 15.5. The molecule has 1 saturated carbocycles. The monoisotopic (exact) mass is 304 g/mol. The smallest absolute Gasteiger partial charge is 0.354 e. The van der Waals surface area contributed by atoms with Gasteiger partial charge in [0.1, 0.15) is 11.4 Å². The van der Waals surface area contributed by atoms with Crippen molar-refractivity contribution in [3.8, 4) is 0 Å². The molecular formula is C17H24N2O3. The summed E-state index contributed by atoms with van der Waals surface area (Å²) in [5.74, 6) is -0.702. The van der Waals surface area contributed by atoms with Crippen LogP contribution in [0.15, 0.2) is 18.2 Å². The van der Waals surface area contributed by atoms with Gasteiger partial charge in [0.05, 0.1) is 0 Å². The molecule has 2 rings (SSSR count). The van der Waals surface area contributed by atoms with Crippen molar-refractivity contribution in [1.82, 2.24) is 9.88 Å². The van der Waals surface area contributed by atoms with Crippen molar-refractivity contribution >= 4 is 11.9 Å². The Balaban J connectivity index is 2.11. The van der Waals surface area contributed by atoms with Crippen LogP contribution in [0.3, 0.4) is 0 Å². The number of carboxylic acid groups (broad SMARTS) is 1. The number of carboxylic acids is 1. The van der Waals surface area contributed by atoms with E-state index < -0.39 is 5.97 Å². The summed E-state index contributed by atoms with van der Waals surface area (Å²) < 4.78 is 0. The lowest BCUT2D eigenvalue weighted by Gasteiger charge is -2.29. The largest absolute Gasteiger partial charge is 0.477 e. The van der Waals surface area contributed by atoms with Crippen LogP contribution in [0.2, 0.25) is 0 Å². The van der Waals surface area contributed by atoms with Gasteiger partial charge in [0.2, 0.25) is 0 Å². The lowest BCUT2D eigenvalue weighted by atomic mass is 9.89. The molecule has 5 heteroatoms. The fourth-order valence-corrected chi connectivity index (χ4v) is 3.06. The SMILES string of the molecule is CCCN(CC1CCCCC1)C(=O)c1cccc(C(=O)O)n1.